The number of rotatable bonds is 2. The Labute approximate surface area is 136 Å². The van der Waals surface area contributed by atoms with Gasteiger partial charge in [0.25, 0.3) is 0 Å². The summed E-state index contributed by atoms with van der Waals surface area (Å²) in [5.41, 5.74) is 3.64. The lowest BCUT2D eigenvalue weighted by molar-refractivity contribution is 0.988. The van der Waals surface area contributed by atoms with E-state index in [-0.39, 0.29) is 0 Å². The van der Waals surface area contributed by atoms with Crippen LogP contribution < -0.4 is 0 Å². The van der Waals surface area contributed by atoms with E-state index in [1.807, 2.05) is 30.3 Å². The summed E-state index contributed by atoms with van der Waals surface area (Å²) >= 11 is 6.35. The van der Waals surface area contributed by atoms with Crippen LogP contribution in [0.2, 0.25) is 5.15 Å². The second kappa shape index (κ2) is 5.34. The highest BCUT2D eigenvalue weighted by Crippen LogP contribution is 2.28. The molecular weight excluding hydrogens is 310 g/mol. The summed E-state index contributed by atoms with van der Waals surface area (Å²) in [4.78, 5) is 16.4. The van der Waals surface area contributed by atoms with Crippen LogP contribution >= 0.6 is 11.6 Å². The summed E-state index contributed by atoms with van der Waals surface area (Å²) in [5, 5.41) is 10.0. The molecule has 4 aromatic rings. The molecule has 1 N–H and O–H groups in total. The van der Waals surface area contributed by atoms with Gasteiger partial charge in [0, 0.05) is 12.6 Å². The van der Waals surface area contributed by atoms with Gasteiger partial charge in [0.15, 0.2) is 0 Å². The molecule has 23 heavy (non-hydrogen) atoms. The maximum Gasteiger partial charge on any atom is 0.145 e. The van der Waals surface area contributed by atoms with E-state index in [9.17, 15) is 0 Å². The number of H-pyrrole nitrogens is 1. The van der Waals surface area contributed by atoms with Gasteiger partial charge in [-0.05, 0) is 11.6 Å². The Morgan fingerprint density at radius 3 is 2.78 bits per heavy atom. The number of nitrogens with one attached hydrogen (secondary N) is 1. The first-order valence-corrected chi connectivity index (χ1v) is 7.40. The van der Waals surface area contributed by atoms with Crippen LogP contribution in [0.4, 0.5) is 0 Å². The van der Waals surface area contributed by atoms with Gasteiger partial charge in [0.05, 0.1) is 16.5 Å². The quantitative estimate of drug-likeness (QED) is 0.572. The van der Waals surface area contributed by atoms with E-state index >= 15 is 0 Å². The lowest BCUT2D eigenvalue weighted by Crippen LogP contribution is -1.97. The predicted octanol–water partition coefficient (Wildman–Crippen LogP) is 3.62. The lowest BCUT2D eigenvalue weighted by atomic mass is 10.1. The maximum atomic E-state index is 8.98. The van der Waals surface area contributed by atoms with Crippen LogP contribution in [0.1, 0.15) is 17.0 Å². The molecule has 0 aliphatic rings. The number of aromatic nitrogens is 4. The van der Waals surface area contributed by atoms with Gasteiger partial charge in [0.1, 0.15) is 28.2 Å². The third-order valence-electron chi connectivity index (χ3n) is 3.62. The van der Waals surface area contributed by atoms with Gasteiger partial charge in [0.2, 0.25) is 0 Å². The second-order valence-corrected chi connectivity index (χ2v) is 5.53. The van der Waals surface area contributed by atoms with E-state index in [0.29, 0.717) is 39.5 Å². The Kier molecular flexibility index (Phi) is 3.18. The fourth-order valence-corrected chi connectivity index (χ4v) is 2.86. The summed E-state index contributed by atoms with van der Waals surface area (Å²) < 4.78 is 0. The van der Waals surface area contributed by atoms with E-state index < -0.39 is 0 Å². The molecule has 4 rings (SSSR count). The fraction of sp³-hybridized carbons (Fsp3) is 0.0588. The van der Waals surface area contributed by atoms with Crippen molar-refractivity contribution in [1.29, 1.82) is 5.26 Å². The van der Waals surface area contributed by atoms with Gasteiger partial charge >= 0.3 is 0 Å². The molecule has 0 spiro atoms. The average Bonchev–Trinajstić information content (AvgIpc) is 2.93. The molecule has 3 heterocycles. The number of pyridine rings is 1. The van der Waals surface area contributed by atoms with Crippen LogP contribution in [0.25, 0.3) is 22.1 Å². The molecule has 0 aliphatic heterocycles. The summed E-state index contributed by atoms with van der Waals surface area (Å²) in [6.45, 7) is 0. The molecule has 1 aromatic carbocycles. The number of fused-ring (bicyclic) bond motifs is 3. The molecule has 6 heteroatoms. The van der Waals surface area contributed by atoms with Crippen molar-refractivity contribution in [2.24, 2.45) is 0 Å². The Morgan fingerprint density at radius 1 is 1.17 bits per heavy atom. The molecule has 0 saturated carbocycles. The molecular formula is C17H10ClN5. The first kappa shape index (κ1) is 13.7. The van der Waals surface area contributed by atoms with Gasteiger partial charge < -0.3 is 4.98 Å². The van der Waals surface area contributed by atoms with E-state index in [1.54, 1.807) is 6.07 Å². The topological polar surface area (TPSA) is 78.2 Å². The van der Waals surface area contributed by atoms with Gasteiger partial charge in [-0.3, -0.25) is 4.98 Å². The van der Waals surface area contributed by atoms with E-state index in [0.717, 1.165) is 11.1 Å². The minimum atomic E-state index is 0.365. The van der Waals surface area contributed by atoms with Gasteiger partial charge in [-0.1, -0.05) is 41.9 Å². The van der Waals surface area contributed by atoms with Crippen LogP contribution in [0.3, 0.4) is 0 Å². The number of benzene rings is 1. The van der Waals surface area contributed by atoms with Crippen LogP contribution in [-0.2, 0) is 6.42 Å². The predicted molar refractivity (Wildman–Crippen MR) is 88.2 cm³/mol. The lowest BCUT2D eigenvalue weighted by Gasteiger charge is -2.02. The van der Waals surface area contributed by atoms with Crippen molar-refractivity contribution in [2.45, 2.75) is 6.42 Å². The van der Waals surface area contributed by atoms with Crippen LogP contribution in [0.5, 0.6) is 0 Å². The van der Waals surface area contributed by atoms with E-state index in [1.165, 1.54) is 6.20 Å². The minimum absolute atomic E-state index is 0.365. The first-order valence-electron chi connectivity index (χ1n) is 7.02. The summed E-state index contributed by atoms with van der Waals surface area (Å²) in [6, 6.07) is 13.8. The second-order valence-electron chi connectivity index (χ2n) is 5.17. The highest BCUT2D eigenvalue weighted by Gasteiger charge is 2.14. The molecule has 3 aromatic heterocycles. The smallest absolute Gasteiger partial charge is 0.145 e. The Hall–Kier alpha value is -2.97. The standard InChI is InChI=1S/C17H10ClN5/c18-16-14-15-12(6-11(8-19)9-20-15)21-17(14)23-13(22-16)7-10-4-2-1-3-5-10/h1-6,9H,7H2,(H,21,22,23). The maximum absolute atomic E-state index is 8.98. The zero-order chi connectivity index (χ0) is 15.8. The van der Waals surface area contributed by atoms with Crippen molar-refractivity contribution in [3.8, 4) is 6.07 Å². The third kappa shape index (κ3) is 2.39. The van der Waals surface area contributed by atoms with Crippen molar-refractivity contribution in [3.05, 3.63) is 64.7 Å². The molecule has 0 radical (unpaired) electrons. The van der Waals surface area contributed by atoms with E-state index in [2.05, 4.69) is 26.0 Å². The molecule has 0 bridgehead atoms. The largest absolute Gasteiger partial charge is 0.338 e. The van der Waals surface area contributed by atoms with Crippen molar-refractivity contribution in [1.82, 2.24) is 19.9 Å². The van der Waals surface area contributed by atoms with Gasteiger partial charge in [-0.25, -0.2) is 9.97 Å². The van der Waals surface area contributed by atoms with Crippen LogP contribution in [0, 0.1) is 11.3 Å². The number of nitriles is 1. The third-order valence-corrected chi connectivity index (χ3v) is 3.90. The Balaban J connectivity index is 1.87. The minimum Gasteiger partial charge on any atom is -0.338 e. The number of aromatic amines is 1. The first-order chi connectivity index (χ1) is 11.2. The normalized spacial score (nSPS) is 11.0. The molecule has 0 aliphatic carbocycles. The van der Waals surface area contributed by atoms with Crippen molar-refractivity contribution < 1.29 is 0 Å². The molecule has 0 atom stereocenters. The fourth-order valence-electron chi connectivity index (χ4n) is 2.58. The SMILES string of the molecule is N#Cc1cnc2c(c1)[nH]c1nc(Cc3ccccc3)nc(Cl)c12. The average molecular weight is 320 g/mol. The number of nitrogens with zero attached hydrogens (tertiary/aromatic N) is 4. The number of halogens is 1. The molecule has 0 amide bonds. The molecule has 0 saturated heterocycles. The monoisotopic (exact) mass is 319 g/mol. The zero-order valence-electron chi connectivity index (χ0n) is 11.9. The van der Waals surface area contributed by atoms with E-state index in [4.69, 9.17) is 16.9 Å². The summed E-state index contributed by atoms with van der Waals surface area (Å²) in [5.74, 6) is 0.640. The van der Waals surface area contributed by atoms with Crippen LogP contribution in [-0.4, -0.2) is 19.9 Å². The number of hydrogen-bond acceptors (Lipinski definition) is 4. The van der Waals surface area contributed by atoms with Crippen molar-refractivity contribution >= 4 is 33.7 Å². The van der Waals surface area contributed by atoms with Gasteiger partial charge in [-0.15, -0.1) is 0 Å². The Morgan fingerprint density at radius 2 is 2.00 bits per heavy atom. The van der Waals surface area contributed by atoms with Crippen molar-refractivity contribution in [3.63, 3.8) is 0 Å². The number of hydrogen-bond donors (Lipinski definition) is 1. The highest BCUT2D eigenvalue weighted by molar-refractivity contribution is 6.36. The zero-order valence-corrected chi connectivity index (χ0v) is 12.7. The molecule has 0 unspecified atom stereocenters. The van der Waals surface area contributed by atoms with Crippen molar-refractivity contribution in [2.75, 3.05) is 0 Å². The summed E-state index contributed by atoms with van der Waals surface area (Å²) in [6.07, 6.45) is 2.12. The van der Waals surface area contributed by atoms with Crippen LogP contribution in [0.15, 0.2) is 42.6 Å². The highest BCUT2D eigenvalue weighted by atomic mass is 35.5. The van der Waals surface area contributed by atoms with Gasteiger partial charge in [-0.2, -0.15) is 5.26 Å². The summed E-state index contributed by atoms with van der Waals surface area (Å²) in [7, 11) is 0. The molecule has 110 valence electrons. The molecule has 5 nitrogen and oxygen atoms in total. The Bertz CT molecular complexity index is 1060. The molecule has 0 fully saturated rings.